The van der Waals surface area contributed by atoms with Gasteiger partial charge in [0.2, 0.25) is 0 Å². The van der Waals surface area contributed by atoms with Gasteiger partial charge in [0.15, 0.2) is 0 Å². The molecule has 0 aliphatic heterocycles. The lowest BCUT2D eigenvalue weighted by Gasteiger charge is -2.24. The molecule has 2 aromatic heterocycles. The van der Waals surface area contributed by atoms with Crippen molar-refractivity contribution in [3.05, 3.63) is 41.2 Å². The van der Waals surface area contributed by atoms with Crippen LogP contribution in [0.4, 0.5) is 0 Å². The molecule has 1 saturated carbocycles. The van der Waals surface area contributed by atoms with Gasteiger partial charge in [-0.25, -0.2) is 9.78 Å². The molecule has 0 atom stereocenters. The maximum absolute atomic E-state index is 12.6. The molecule has 6 nitrogen and oxygen atoms in total. The fraction of sp³-hybridized carbons (Fsp3) is 0.545. The number of imidazole rings is 2. The summed E-state index contributed by atoms with van der Waals surface area (Å²) in [5, 5.41) is 0. The Morgan fingerprint density at radius 1 is 1.11 bits per heavy atom. The van der Waals surface area contributed by atoms with Gasteiger partial charge in [-0.1, -0.05) is 18.9 Å². The molecule has 0 N–H and O–H groups in total. The van der Waals surface area contributed by atoms with Crippen molar-refractivity contribution in [2.24, 2.45) is 0 Å². The highest BCUT2D eigenvalue weighted by Gasteiger charge is 2.19. The highest BCUT2D eigenvalue weighted by Crippen LogP contribution is 2.25. The molecule has 28 heavy (non-hydrogen) atoms. The van der Waals surface area contributed by atoms with Crippen LogP contribution in [0.3, 0.4) is 0 Å². The van der Waals surface area contributed by atoms with Crippen molar-refractivity contribution < 1.29 is 0 Å². The van der Waals surface area contributed by atoms with Gasteiger partial charge in [0.05, 0.1) is 29.3 Å². The second kappa shape index (κ2) is 7.95. The number of hydrogen-bond acceptors (Lipinski definition) is 3. The van der Waals surface area contributed by atoms with Crippen molar-refractivity contribution in [3.8, 4) is 11.3 Å². The largest absolute Gasteiger partial charge is 0.329 e. The smallest absolute Gasteiger partial charge is 0.329 e. The predicted molar refractivity (Wildman–Crippen MR) is 114 cm³/mol. The summed E-state index contributed by atoms with van der Waals surface area (Å²) in [6, 6.07) is 7.06. The molecule has 1 aliphatic rings. The van der Waals surface area contributed by atoms with Crippen molar-refractivity contribution >= 4 is 11.0 Å². The Kier molecular flexibility index (Phi) is 5.40. The average molecular weight is 382 g/mol. The van der Waals surface area contributed by atoms with Crippen LogP contribution in [0.1, 0.15) is 39.5 Å². The molecular formula is C22H31N5O. The highest BCUT2D eigenvalue weighted by atomic mass is 16.1. The van der Waals surface area contributed by atoms with E-state index in [1.165, 1.54) is 25.7 Å². The van der Waals surface area contributed by atoms with Crippen LogP contribution < -0.4 is 5.69 Å². The number of benzene rings is 1. The van der Waals surface area contributed by atoms with E-state index in [0.717, 1.165) is 41.4 Å². The first-order valence-corrected chi connectivity index (χ1v) is 10.6. The van der Waals surface area contributed by atoms with Crippen LogP contribution in [0.2, 0.25) is 0 Å². The summed E-state index contributed by atoms with van der Waals surface area (Å²) in [6.07, 6.45) is 9.23. The summed E-state index contributed by atoms with van der Waals surface area (Å²) in [7, 11) is 2.24. The summed E-state index contributed by atoms with van der Waals surface area (Å²) in [5.41, 5.74) is 4.31. The Bertz CT molecular complexity index is 1010. The van der Waals surface area contributed by atoms with Crippen molar-refractivity contribution in [2.75, 3.05) is 13.6 Å². The fourth-order valence-electron chi connectivity index (χ4n) is 4.62. The van der Waals surface area contributed by atoms with Gasteiger partial charge >= 0.3 is 5.69 Å². The molecule has 1 aromatic carbocycles. The number of nitrogens with zero attached hydrogens (tertiary/aromatic N) is 5. The van der Waals surface area contributed by atoms with Crippen LogP contribution in [0.25, 0.3) is 22.3 Å². The SMILES string of the molecule is CCn1c(=O)n(CC)c2cc(-c3cncn3CCN(C)C3CCCC3)ccc21. The summed E-state index contributed by atoms with van der Waals surface area (Å²) < 4.78 is 5.94. The van der Waals surface area contributed by atoms with Gasteiger partial charge < -0.3 is 9.47 Å². The second-order valence-electron chi connectivity index (χ2n) is 7.87. The van der Waals surface area contributed by atoms with Crippen LogP contribution in [-0.4, -0.2) is 43.2 Å². The average Bonchev–Trinajstić information content (AvgIpc) is 3.44. The minimum absolute atomic E-state index is 0.0730. The van der Waals surface area contributed by atoms with Gasteiger partial charge in [-0.05, 0) is 45.9 Å². The summed E-state index contributed by atoms with van der Waals surface area (Å²) in [6.45, 7) is 7.37. The lowest BCUT2D eigenvalue weighted by molar-refractivity contribution is 0.237. The lowest BCUT2D eigenvalue weighted by Crippen LogP contribution is -2.32. The molecule has 0 amide bonds. The van der Waals surface area contributed by atoms with Gasteiger partial charge in [0.1, 0.15) is 0 Å². The maximum Gasteiger partial charge on any atom is 0.329 e. The molecule has 1 fully saturated rings. The van der Waals surface area contributed by atoms with E-state index >= 15 is 0 Å². The highest BCUT2D eigenvalue weighted by molar-refractivity contribution is 5.82. The molecule has 0 bridgehead atoms. The normalized spacial score (nSPS) is 15.3. The molecule has 0 radical (unpaired) electrons. The molecule has 4 rings (SSSR count). The Labute approximate surface area is 166 Å². The molecular weight excluding hydrogens is 350 g/mol. The maximum atomic E-state index is 12.6. The van der Waals surface area contributed by atoms with Crippen LogP contribution in [0, 0.1) is 0 Å². The fourth-order valence-corrected chi connectivity index (χ4v) is 4.62. The zero-order valence-corrected chi connectivity index (χ0v) is 17.3. The van der Waals surface area contributed by atoms with Gasteiger partial charge in [0.25, 0.3) is 0 Å². The van der Waals surface area contributed by atoms with E-state index in [1.54, 1.807) is 0 Å². The Morgan fingerprint density at radius 2 is 1.82 bits per heavy atom. The van der Waals surface area contributed by atoms with E-state index in [9.17, 15) is 4.79 Å². The van der Waals surface area contributed by atoms with E-state index in [-0.39, 0.29) is 5.69 Å². The molecule has 3 aromatic rings. The minimum Gasteiger partial charge on any atom is -0.329 e. The van der Waals surface area contributed by atoms with Crippen LogP contribution in [0.5, 0.6) is 0 Å². The Balaban J connectivity index is 1.62. The third kappa shape index (κ3) is 3.30. The molecule has 2 heterocycles. The minimum atomic E-state index is 0.0730. The van der Waals surface area contributed by atoms with Gasteiger partial charge in [-0.15, -0.1) is 0 Å². The molecule has 0 saturated heterocycles. The first-order valence-electron chi connectivity index (χ1n) is 10.6. The topological polar surface area (TPSA) is 48.0 Å². The van der Waals surface area contributed by atoms with E-state index in [2.05, 4.69) is 39.7 Å². The first-order chi connectivity index (χ1) is 13.6. The van der Waals surface area contributed by atoms with Crippen molar-refractivity contribution in [3.63, 3.8) is 0 Å². The van der Waals surface area contributed by atoms with E-state index < -0.39 is 0 Å². The third-order valence-electron chi connectivity index (χ3n) is 6.30. The van der Waals surface area contributed by atoms with Crippen LogP contribution in [0.15, 0.2) is 35.5 Å². The number of fused-ring (bicyclic) bond motifs is 1. The monoisotopic (exact) mass is 381 g/mol. The zero-order chi connectivity index (χ0) is 19.7. The molecule has 0 unspecified atom stereocenters. The lowest BCUT2D eigenvalue weighted by atomic mass is 10.1. The quantitative estimate of drug-likeness (QED) is 0.628. The summed E-state index contributed by atoms with van der Waals surface area (Å²) in [5.74, 6) is 0. The third-order valence-corrected chi connectivity index (χ3v) is 6.30. The zero-order valence-electron chi connectivity index (χ0n) is 17.3. The number of aromatic nitrogens is 4. The van der Waals surface area contributed by atoms with Gasteiger partial charge in [-0.2, -0.15) is 0 Å². The van der Waals surface area contributed by atoms with Crippen LogP contribution in [-0.2, 0) is 19.6 Å². The standard InChI is InChI=1S/C22H31N5O/c1-4-26-19-11-10-17(14-20(19)27(5-2)22(26)28)21-15-23-16-25(21)13-12-24(3)18-8-6-7-9-18/h10-11,14-16,18H,4-9,12-13H2,1-3H3. The summed E-state index contributed by atoms with van der Waals surface area (Å²) >= 11 is 0. The van der Waals surface area contributed by atoms with Crippen molar-refractivity contribution in [1.29, 1.82) is 0 Å². The first kappa shape index (κ1) is 19.0. The second-order valence-corrected chi connectivity index (χ2v) is 7.87. The number of hydrogen-bond donors (Lipinski definition) is 0. The van der Waals surface area contributed by atoms with Crippen molar-refractivity contribution in [1.82, 2.24) is 23.6 Å². The molecule has 1 aliphatic carbocycles. The number of likely N-dealkylation sites (N-methyl/N-ethyl adjacent to an activating group) is 1. The molecule has 6 heteroatoms. The predicted octanol–water partition coefficient (Wildman–Crippen LogP) is 3.58. The van der Waals surface area contributed by atoms with Crippen molar-refractivity contribution in [2.45, 2.75) is 65.2 Å². The Hall–Kier alpha value is -2.34. The van der Waals surface area contributed by atoms with E-state index in [4.69, 9.17) is 0 Å². The molecule has 0 spiro atoms. The van der Waals surface area contributed by atoms with Gasteiger partial charge in [0, 0.05) is 37.8 Å². The van der Waals surface area contributed by atoms with Gasteiger partial charge in [-0.3, -0.25) is 9.13 Å². The van der Waals surface area contributed by atoms with E-state index in [1.807, 2.05) is 35.5 Å². The number of aryl methyl sites for hydroxylation is 2. The van der Waals surface area contributed by atoms with Crippen LogP contribution >= 0.6 is 0 Å². The summed E-state index contributed by atoms with van der Waals surface area (Å²) in [4.78, 5) is 19.5. The number of rotatable bonds is 7. The molecule has 150 valence electrons. The Morgan fingerprint density at radius 3 is 2.54 bits per heavy atom. The van der Waals surface area contributed by atoms with E-state index in [0.29, 0.717) is 13.1 Å².